The van der Waals surface area contributed by atoms with E-state index in [4.69, 9.17) is 9.47 Å². The van der Waals surface area contributed by atoms with Gasteiger partial charge in [0, 0.05) is 40.1 Å². The van der Waals surface area contributed by atoms with Crippen LogP contribution in [-0.2, 0) is 0 Å². The molecular weight excluding hydrogens is 575 g/mol. The maximum absolute atomic E-state index is 6.50. The third kappa shape index (κ3) is 3.96. The SMILES string of the molecule is c1ccc(-c2cc3c4c(c2)N(c2ccccc2)c2ccccc2B4N(c2ccccc2)c2cc4c(cc2-3)Oc2ccccc2O4)cc1. The summed E-state index contributed by atoms with van der Waals surface area (Å²) in [6.07, 6.45) is 0. The van der Waals surface area contributed by atoms with E-state index in [0.29, 0.717) is 11.5 Å². The van der Waals surface area contributed by atoms with Crippen molar-refractivity contribution in [1.82, 2.24) is 0 Å². The van der Waals surface area contributed by atoms with Gasteiger partial charge >= 0.3 is 6.85 Å². The quantitative estimate of drug-likeness (QED) is 0.188. The van der Waals surface area contributed by atoms with Crippen molar-refractivity contribution in [2.45, 2.75) is 0 Å². The molecule has 0 spiro atoms. The number of hydrogen-bond donors (Lipinski definition) is 0. The molecule has 3 heterocycles. The lowest BCUT2D eigenvalue weighted by molar-refractivity contribution is 0.360. The fraction of sp³-hybridized carbons (Fsp3) is 0. The van der Waals surface area contributed by atoms with Crippen LogP contribution in [0.25, 0.3) is 22.3 Å². The molecule has 7 aromatic carbocycles. The summed E-state index contributed by atoms with van der Waals surface area (Å²) in [5, 5.41) is 0. The molecule has 0 saturated heterocycles. The molecule has 0 fully saturated rings. The van der Waals surface area contributed by atoms with Crippen molar-refractivity contribution in [1.29, 1.82) is 0 Å². The van der Waals surface area contributed by atoms with E-state index in [2.05, 4.69) is 149 Å². The number of benzene rings is 7. The minimum absolute atomic E-state index is 0.0780. The Labute approximate surface area is 273 Å². The first kappa shape index (κ1) is 26.1. The summed E-state index contributed by atoms with van der Waals surface area (Å²) in [7, 11) is 0. The maximum atomic E-state index is 6.50. The maximum Gasteiger partial charge on any atom is 0.333 e. The Kier molecular flexibility index (Phi) is 5.63. The van der Waals surface area contributed by atoms with Crippen LogP contribution < -0.4 is 30.1 Å². The largest absolute Gasteiger partial charge is 0.449 e. The third-order valence-electron chi connectivity index (χ3n) is 9.46. The number of rotatable bonds is 3. The Bertz CT molecular complexity index is 2330. The highest BCUT2D eigenvalue weighted by Crippen LogP contribution is 2.53. The Balaban J connectivity index is 1.32. The van der Waals surface area contributed by atoms with Crippen molar-refractivity contribution in [3.63, 3.8) is 0 Å². The molecule has 0 saturated carbocycles. The predicted molar refractivity (Wildman–Crippen MR) is 192 cm³/mol. The molecule has 0 amide bonds. The van der Waals surface area contributed by atoms with Crippen LogP contribution in [0.15, 0.2) is 164 Å². The van der Waals surface area contributed by atoms with Crippen LogP contribution in [-0.4, -0.2) is 6.85 Å². The molecule has 0 unspecified atom stereocenters. The van der Waals surface area contributed by atoms with E-state index in [1.165, 1.54) is 33.4 Å². The molecule has 4 nitrogen and oxygen atoms in total. The molecule has 0 bridgehead atoms. The van der Waals surface area contributed by atoms with Crippen LogP contribution in [0.5, 0.6) is 23.0 Å². The lowest BCUT2D eigenvalue weighted by Gasteiger charge is -2.46. The smallest absolute Gasteiger partial charge is 0.333 e. The highest BCUT2D eigenvalue weighted by molar-refractivity contribution is 6.93. The number of fused-ring (bicyclic) bond motifs is 6. The molecule has 10 rings (SSSR count). The average Bonchev–Trinajstić information content (AvgIpc) is 3.14. The first-order valence-corrected chi connectivity index (χ1v) is 16.0. The molecule has 0 atom stereocenters. The molecule has 0 N–H and O–H groups in total. The average molecular weight is 603 g/mol. The summed E-state index contributed by atoms with van der Waals surface area (Å²) in [6.45, 7) is -0.0780. The molecule has 3 aliphatic heterocycles. The second-order valence-corrected chi connectivity index (χ2v) is 12.1. The van der Waals surface area contributed by atoms with Crippen LogP contribution in [0.3, 0.4) is 0 Å². The van der Waals surface area contributed by atoms with Crippen LogP contribution in [0.4, 0.5) is 28.4 Å². The Hall–Kier alpha value is -6.20. The van der Waals surface area contributed by atoms with Gasteiger partial charge in [-0.3, -0.25) is 0 Å². The predicted octanol–water partition coefficient (Wildman–Crippen LogP) is 9.96. The van der Waals surface area contributed by atoms with E-state index >= 15 is 0 Å². The van der Waals surface area contributed by atoms with Gasteiger partial charge in [0.1, 0.15) is 0 Å². The molecular formula is C42H27BN2O2. The van der Waals surface area contributed by atoms with Crippen molar-refractivity contribution < 1.29 is 9.47 Å². The van der Waals surface area contributed by atoms with Gasteiger partial charge in [-0.05, 0) is 88.3 Å². The molecule has 0 radical (unpaired) electrons. The summed E-state index contributed by atoms with van der Waals surface area (Å²) in [5.41, 5.74) is 12.8. The number of anilines is 5. The summed E-state index contributed by atoms with van der Waals surface area (Å²) in [4.78, 5) is 4.91. The topological polar surface area (TPSA) is 24.9 Å². The van der Waals surface area contributed by atoms with Crippen molar-refractivity contribution in [2.75, 3.05) is 9.71 Å². The lowest BCUT2D eigenvalue weighted by atomic mass is 9.43. The second kappa shape index (κ2) is 10.2. The minimum atomic E-state index is -0.0780. The minimum Gasteiger partial charge on any atom is -0.449 e. The Morgan fingerprint density at radius 1 is 0.404 bits per heavy atom. The molecule has 0 aromatic heterocycles. The van der Waals surface area contributed by atoms with Gasteiger partial charge in [-0.1, -0.05) is 97.1 Å². The van der Waals surface area contributed by atoms with Gasteiger partial charge in [-0.2, -0.15) is 0 Å². The molecule has 5 heteroatoms. The molecule has 3 aliphatic rings. The van der Waals surface area contributed by atoms with Crippen molar-refractivity contribution in [3.05, 3.63) is 164 Å². The van der Waals surface area contributed by atoms with E-state index in [1.54, 1.807) is 0 Å². The van der Waals surface area contributed by atoms with Gasteiger partial charge in [-0.25, -0.2) is 0 Å². The third-order valence-corrected chi connectivity index (χ3v) is 9.46. The van der Waals surface area contributed by atoms with E-state index in [9.17, 15) is 0 Å². The molecule has 47 heavy (non-hydrogen) atoms. The zero-order valence-corrected chi connectivity index (χ0v) is 25.4. The lowest BCUT2D eigenvalue weighted by Crippen LogP contribution is -2.61. The first-order valence-electron chi connectivity index (χ1n) is 16.0. The molecule has 7 aromatic rings. The zero-order chi connectivity index (χ0) is 30.9. The molecule has 220 valence electrons. The van der Waals surface area contributed by atoms with Crippen molar-refractivity contribution in [3.8, 4) is 45.3 Å². The summed E-state index contributed by atoms with van der Waals surface area (Å²) >= 11 is 0. The zero-order valence-electron chi connectivity index (χ0n) is 25.4. The van der Waals surface area contributed by atoms with Gasteiger partial charge in [0.25, 0.3) is 0 Å². The Morgan fingerprint density at radius 2 is 1.00 bits per heavy atom. The fourth-order valence-electron chi connectivity index (χ4n) is 7.46. The van der Waals surface area contributed by atoms with Crippen molar-refractivity contribution in [2.24, 2.45) is 0 Å². The standard InChI is InChI=1S/C42H27BN2O2/c1-4-14-28(15-5-1)29-24-33-32-26-40-41(47-39-23-13-12-22-38(39)46-40)27-36(32)45(31-18-8-3-9-19-31)43-34-20-10-11-21-35(34)44(37(25-29)42(33)43)30-16-6-2-7-17-30/h1-27H. The van der Waals surface area contributed by atoms with Crippen LogP contribution >= 0.6 is 0 Å². The number of ether oxygens (including phenoxy) is 2. The summed E-state index contributed by atoms with van der Waals surface area (Å²) in [6, 6.07) is 57.8. The fourth-order valence-corrected chi connectivity index (χ4v) is 7.46. The van der Waals surface area contributed by atoms with E-state index in [1.807, 2.05) is 24.3 Å². The number of nitrogens with zero attached hydrogens (tertiary/aromatic N) is 2. The highest BCUT2D eigenvalue weighted by Gasteiger charge is 2.45. The van der Waals surface area contributed by atoms with Crippen LogP contribution in [0, 0.1) is 0 Å². The van der Waals surface area contributed by atoms with Gasteiger partial charge in [0.2, 0.25) is 0 Å². The van der Waals surface area contributed by atoms with Crippen LogP contribution in [0.2, 0.25) is 0 Å². The van der Waals surface area contributed by atoms with Gasteiger partial charge in [0.15, 0.2) is 23.0 Å². The number of para-hydroxylation sites is 5. The monoisotopic (exact) mass is 602 g/mol. The Morgan fingerprint density at radius 3 is 1.72 bits per heavy atom. The highest BCUT2D eigenvalue weighted by atomic mass is 16.6. The van der Waals surface area contributed by atoms with Gasteiger partial charge in [0.05, 0.1) is 0 Å². The van der Waals surface area contributed by atoms with Crippen LogP contribution in [0.1, 0.15) is 0 Å². The van der Waals surface area contributed by atoms with Gasteiger partial charge in [-0.15, -0.1) is 0 Å². The summed E-state index contributed by atoms with van der Waals surface area (Å²) in [5.74, 6) is 2.86. The number of hydrogen-bond acceptors (Lipinski definition) is 4. The molecule has 0 aliphatic carbocycles. The van der Waals surface area contributed by atoms with Gasteiger partial charge < -0.3 is 19.2 Å². The van der Waals surface area contributed by atoms with E-state index in [-0.39, 0.29) is 6.85 Å². The first-order chi connectivity index (χ1) is 23.3. The summed E-state index contributed by atoms with van der Waals surface area (Å²) < 4.78 is 13.0. The normalized spacial score (nSPS) is 13.3. The van der Waals surface area contributed by atoms with E-state index in [0.717, 1.165) is 39.7 Å². The van der Waals surface area contributed by atoms with E-state index < -0.39 is 0 Å². The second-order valence-electron chi connectivity index (χ2n) is 12.1. The van der Waals surface area contributed by atoms with Crippen molar-refractivity contribution >= 4 is 46.2 Å².